The molecule has 1 saturated heterocycles. The van der Waals surface area contributed by atoms with Gasteiger partial charge >= 0.3 is 0 Å². The number of rotatable bonds is 5. The number of likely N-dealkylation sites (N-methyl/N-ethyl adjacent to an activating group) is 1. The van der Waals surface area contributed by atoms with Crippen molar-refractivity contribution in [2.45, 2.75) is 18.9 Å². The van der Waals surface area contributed by atoms with Gasteiger partial charge in [-0.3, -0.25) is 9.69 Å². The van der Waals surface area contributed by atoms with E-state index in [2.05, 4.69) is 50.3 Å². The van der Waals surface area contributed by atoms with Gasteiger partial charge in [-0.25, -0.2) is 4.98 Å². The number of nitrogens with one attached hydrogen (secondary N) is 2. The second-order valence-electron chi connectivity index (χ2n) is 8.65. The van der Waals surface area contributed by atoms with Gasteiger partial charge in [-0.2, -0.15) is 0 Å². The van der Waals surface area contributed by atoms with Gasteiger partial charge in [0.2, 0.25) is 5.91 Å². The number of H-pyrrole nitrogens is 1. The molecule has 6 nitrogen and oxygen atoms in total. The van der Waals surface area contributed by atoms with Crippen molar-refractivity contribution in [3.8, 4) is 0 Å². The van der Waals surface area contributed by atoms with E-state index >= 15 is 0 Å². The van der Waals surface area contributed by atoms with Gasteiger partial charge in [0, 0.05) is 61.6 Å². The Bertz CT molecular complexity index is 1100. The van der Waals surface area contributed by atoms with Gasteiger partial charge in [0.05, 0.1) is 6.04 Å². The summed E-state index contributed by atoms with van der Waals surface area (Å²) >= 11 is 0. The molecule has 3 heterocycles. The number of carbonyl (C=O) groups excluding carboxylic acids is 1. The minimum Gasteiger partial charge on any atom is -0.346 e. The summed E-state index contributed by atoms with van der Waals surface area (Å²) in [6, 6.07) is 12.4. The van der Waals surface area contributed by atoms with Crippen LogP contribution in [0.2, 0.25) is 0 Å². The number of aromatic nitrogens is 2. The molecular weight excluding hydrogens is 386 g/mol. The van der Waals surface area contributed by atoms with Gasteiger partial charge < -0.3 is 15.2 Å². The molecule has 1 aliphatic heterocycles. The number of aryl methyl sites for hydroxylation is 1. The number of aromatic amines is 1. The molecule has 6 heteroatoms. The summed E-state index contributed by atoms with van der Waals surface area (Å²) in [5.74, 6) is 0.0260. The zero-order valence-electron chi connectivity index (χ0n) is 18.0. The van der Waals surface area contributed by atoms with Crippen molar-refractivity contribution >= 4 is 23.0 Å². The number of piperazine rings is 1. The van der Waals surface area contributed by atoms with Crippen LogP contribution in [0, 0.1) is 0 Å². The van der Waals surface area contributed by atoms with E-state index in [0.29, 0.717) is 0 Å². The van der Waals surface area contributed by atoms with E-state index in [9.17, 15) is 4.79 Å². The Balaban J connectivity index is 1.37. The molecule has 2 N–H and O–H groups in total. The van der Waals surface area contributed by atoms with Crippen molar-refractivity contribution in [1.29, 1.82) is 0 Å². The maximum atomic E-state index is 13.4. The first kappa shape index (κ1) is 20.0. The third kappa shape index (κ3) is 4.27. The number of hydrogen-bond donors (Lipinski definition) is 2. The van der Waals surface area contributed by atoms with E-state index in [1.807, 2.05) is 36.7 Å². The van der Waals surface area contributed by atoms with Crippen LogP contribution >= 0.6 is 0 Å². The molecule has 2 aromatic heterocycles. The van der Waals surface area contributed by atoms with E-state index in [1.165, 1.54) is 5.56 Å². The Morgan fingerprint density at radius 1 is 1.13 bits per heavy atom. The number of amides is 1. The first-order chi connectivity index (χ1) is 15.2. The maximum absolute atomic E-state index is 13.4. The molecule has 0 spiro atoms. The Labute approximate surface area is 183 Å². The Morgan fingerprint density at radius 2 is 1.94 bits per heavy atom. The Morgan fingerprint density at radius 3 is 2.74 bits per heavy atom. The van der Waals surface area contributed by atoms with Crippen LogP contribution in [-0.4, -0.2) is 65.4 Å². The predicted molar refractivity (Wildman–Crippen MR) is 124 cm³/mol. The van der Waals surface area contributed by atoms with Crippen LogP contribution in [-0.2, 0) is 11.2 Å². The third-order valence-electron chi connectivity index (χ3n) is 6.52. The highest BCUT2D eigenvalue weighted by molar-refractivity contribution is 6.02. The fraction of sp³-hybridized carbons (Fsp3) is 0.360. The molecule has 2 aliphatic rings. The van der Waals surface area contributed by atoms with Crippen LogP contribution in [0.1, 0.15) is 29.2 Å². The summed E-state index contributed by atoms with van der Waals surface area (Å²) < 4.78 is 0. The van der Waals surface area contributed by atoms with Gasteiger partial charge in [0.1, 0.15) is 5.65 Å². The highest BCUT2D eigenvalue weighted by atomic mass is 16.1. The zero-order chi connectivity index (χ0) is 21.2. The van der Waals surface area contributed by atoms with Gasteiger partial charge in [0.25, 0.3) is 0 Å². The number of hydrogen-bond acceptors (Lipinski definition) is 4. The summed E-state index contributed by atoms with van der Waals surface area (Å²) in [6.07, 6.45) is 7.40. The van der Waals surface area contributed by atoms with Gasteiger partial charge in [-0.1, -0.05) is 30.3 Å². The lowest BCUT2D eigenvalue weighted by molar-refractivity contribution is -0.118. The predicted octanol–water partition coefficient (Wildman–Crippen LogP) is 3.00. The minimum absolute atomic E-state index is 0.0260. The van der Waals surface area contributed by atoms with Crippen LogP contribution in [0.15, 0.2) is 54.4 Å². The first-order valence-corrected chi connectivity index (χ1v) is 11.1. The van der Waals surface area contributed by atoms with Crippen molar-refractivity contribution in [2.75, 3.05) is 39.8 Å². The molecule has 31 heavy (non-hydrogen) atoms. The molecule has 1 amide bonds. The fourth-order valence-corrected chi connectivity index (χ4v) is 4.64. The highest BCUT2D eigenvalue weighted by Gasteiger charge is 2.24. The van der Waals surface area contributed by atoms with E-state index in [4.69, 9.17) is 0 Å². The lowest BCUT2D eigenvalue weighted by Gasteiger charge is -2.35. The normalized spacial score (nSPS) is 18.4. The molecule has 160 valence electrons. The topological polar surface area (TPSA) is 64.3 Å². The van der Waals surface area contributed by atoms with Crippen molar-refractivity contribution < 1.29 is 4.79 Å². The molecule has 1 atom stereocenters. The quantitative estimate of drug-likeness (QED) is 0.672. The van der Waals surface area contributed by atoms with Crippen molar-refractivity contribution in [1.82, 2.24) is 25.1 Å². The van der Waals surface area contributed by atoms with E-state index in [1.54, 1.807) is 0 Å². The molecule has 0 unspecified atom stereocenters. The molecule has 3 aromatic rings. The van der Waals surface area contributed by atoms with E-state index < -0.39 is 0 Å². The molecule has 1 aliphatic carbocycles. The number of pyridine rings is 1. The van der Waals surface area contributed by atoms with E-state index in [0.717, 1.165) is 73.3 Å². The maximum Gasteiger partial charge on any atom is 0.247 e. The molecule has 5 rings (SSSR count). The van der Waals surface area contributed by atoms with Crippen LogP contribution in [0.4, 0.5) is 0 Å². The summed E-state index contributed by atoms with van der Waals surface area (Å²) in [7, 11) is 2.16. The minimum atomic E-state index is -0.0310. The van der Waals surface area contributed by atoms with Gasteiger partial charge in [-0.05, 0) is 43.2 Å². The molecule has 1 fully saturated rings. The number of nitrogens with zero attached hydrogens (tertiary/aromatic N) is 3. The standard InChI is InChI=1S/C25H29N5O/c1-29-11-13-30(14-12-29)17-22(18-5-3-2-4-6-18)28-25(31)20-8-7-19-9-10-26-24-23(19)21(15-20)16-27-24/h2-6,9-10,15-16,22H,7-8,11-14,17H2,1H3,(H,26,27)(H,28,31)/t22-/m1/s1. The largest absolute Gasteiger partial charge is 0.346 e. The average Bonchev–Trinajstić information content (AvgIpc) is 3.11. The number of benzene rings is 1. The second kappa shape index (κ2) is 8.65. The van der Waals surface area contributed by atoms with Crippen LogP contribution < -0.4 is 5.32 Å². The van der Waals surface area contributed by atoms with Gasteiger partial charge in [-0.15, -0.1) is 0 Å². The monoisotopic (exact) mass is 415 g/mol. The highest BCUT2D eigenvalue weighted by Crippen LogP contribution is 2.29. The molecular formula is C25H29N5O. The summed E-state index contributed by atoms with van der Waals surface area (Å²) in [6.45, 7) is 5.02. The van der Waals surface area contributed by atoms with E-state index in [-0.39, 0.29) is 11.9 Å². The van der Waals surface area contributed by atoms with Crippen molar-refractivity contribution in [2.24, 2.45) is 0 Å². The average molecular weight is 416 g/mol. The molecule has 1 aromatic carbocycles. The van der Waals surface area contributed by atoms with Crippen LogP contribution in [0.5, 0.6) is 0 Å². The molecule has 0 saturated carbocycles. The number of carbonyl (C=O) groups is 1. The lowest BCUT2D eigenvalue weighted by Crippen LogP contribution is -2.48. The zero-order valence-corrected chi connectivity index (χ0v) is 18.0. The summed E-state index contributed by atoms with van der Waals surface area (Å²) in [4.78, 5) is 25.9. The second-order valence-corrected chi connectivity index (χ2v) is 8.65. The SMILES string of the molecule is CN1CCN(C[C@@H](NC(=O)C2=Cc3c[nH]c4nccc(c34)CC2)c2ccccc2)CC1. The van der Waals surface area contributed by atoms with Crippen molar-refractivity contribution in [3.63, 3.8) is 0 Å². The van der Waals surface area contributed by atoms with Crippen LogP contribution in [0.3, 0.4) is 0 Å². The summed E-state index contributed by atoms with van der Waals surface area (Å²) in [5, 5.41) is 4.49. The Kier molecular flexibility index (Phi) is 5.57. The first-order valence-electron chi connectivity index (χ1n) is 11.1. The lowest BCUT2D eigenvalue weighted by atomic mass is 10.0. The summed E-state index contributed by atoms with van der Waals surface area (Å²) in [5.41, 5.74) is 5.17. The third-order valence-corrected chi connectivity index (χ3v) is 6.52. The van der Waals surface area contributed by atoms with Crippen molar-refractivity contribution in [3.05, 3.63) is 71.1 Å². The van der Waals surface area contributed by atoms with Crippen LogP contribution in [0.25, 0.3) is 17.1 Å². The molecule has 0 bridgehead atoms. The molecule has 0 radical (unpaired) electrons. The van der Waals surface area contributed by atoms with Gasteiger partial charge in [0.15, 0.2) is 0 Å². The smallest absolute Gasteiger partial charge is 0.247 e. The fourth-order valence-electron chi connectivity index (χ4n) is 4.64. The Hall–Kier alpha value is -2.96.